The molecule has 16 heteroatoms. The Bertz CT molecular complexity index is 1050. The number of aromatic hydroxyl groups is 1. The van der Waals surface area contributed by atoms with E-state index in [0.717, 1.165) is 0 Å². The Kier molecular flexibility index (Phi) is 12.2. The summed E-state index contributed by atoms with van der Waals surface area (Å²) < 4.78 is 26.7. The van der Waals surface area contributed by atoms with Crippen molar-refractivity contribution in [2.45, 2.75) is 68.6 Å². The lowest BCUT2D eigenvalue weighted by molar-refractivity contribution is -0.694. The van der Waals surface area contributed by atoms with Gasteiger partial charge in [-0.3, -0.25) is 0 Å². The number of quaternary nitrogens is 1. The highest BCUT2D eigenvalue weighted by atomic mass is 16.7. The average Bonchev–Trinajstić information content (AvgIpc) is 2.97. The lowest BCUT2D eigenvalue weighted by Crippen LogP contribution is -2.93. The second-order valence-corrected chi connectivity index (χ2v) is 10.3. The van der Waals surface area contributed by atoms with Crippen LogP contribution in [0.2, 0.25) is 0 Å². The molecular formula is C26H41N2O14+. The standard InChI is InChI=1S/C26H40N2O14/c1-3-11(8-38-23(35)13-6-12(27)4-5-15(13)30)9-39-25(37)22-20(33)19(32)21(34)26(42-22)40-10-14-17(28-2)24(36)41-16(7-29)18(14)31/h4-6,11,14,16-22,24,26,28-34,36H,3,7-10,27H2,1-2H3/p+1/t11?,14-,16?,17?,18-,19+,20-,21?,22?,24-,26-/m1/s1. The number of phenols is 1. The van der Waals surface area contributed by atoms with E-state index < -0.39 is 85.6 Å². The molecule has 0 saturated carbocycles. The minimum atomic E-state index is -1.87. The van der Waals surface area contributed by atoms with Crippen LogP contribution in [0, 0.1) is 11.8 Å². The third-order valence-electron chi connectivity index (χ3n) is 7.51. The third kappa shape index (κ3) is 7.84. The van der Waals surface area contributed by atoms with Gasteiger partial charge in [-0.25, -0.2) is 9.59 Å². The minimum Gasteiger partial charge on any atom is -0.507 e. The number of carbonyl (C=O) groups excluding carboxylic acids is 2. The fraction of sp³-hybridized carbons (Fsp3) is 0.692. The number of likely N-dealkylation sites (N-methyl/N-ethyl adjacent to an activating group) is 1. The first-order valence-electron chi connectivity index (χ1n) is 13.6. The van der Waals surface area contributed by atoms with Crippen molar-refractivity contribution >= 4 is 17.6 Å². The van der Waals surface area contributed by atoms with Crippen LogP contribution in [-0.2, 0) is 28.5 Å². The third-order valence-corrected chi connectivity index (χ3v) is 7.51. The van der Waals surface area contributed by atoms with Gasteiger partial charge in [0.1, 0.15) is 41.8 Å². The molecular weight excluding hydrogens is 564 g/mol. The lowest BCUT2D eigenvalue weighted by atomic mass is 9.88. The van der Waals surface area contributed by atoms with Crippen LogP contribution >= 0.6 is 0 Å². The molecule has 0 radical (unpaired) electrons. The minimum absolute atomic E-state index is 0.128. The van der Waals surface area contributed by atoms with Crippen molar-refractivity contribution in [3.63, 3.8) is 0 Å². The van der Waals surface area contributed by atoms with Gasteiger partial charge >= 0.3 is 11.9 Å². The number of aliphatic hydroxyl groups excluding tert-OH is 6. The van der Waals surface area contributed by atoms with Crippen LogP contribution in [0.1, 0.15) is 23.7 Å². The molecule has 0 aromatic heterocycles. The molecule has 3 rings (SSSR count). The van der Waals surface area contributed by atoms with Crippen molar-refractivity contribution in [2.24, 2.45) is 11.8 Å². The maximum Gasteiger partial charge on any atom is 0.341 e. The number of benzene rings is 1. The summed E-state index contributed by atoms with van der Waals surface area (Å²) in [7, 11) is 1.63. The molecule has 2 aliphatic rings. The smallest absolute Gasteiger partial charge is 0.341 e. The lowest BCUT2D eigenvalue weighted by Gasteiger charge is -2.42. The Morgan fingerprint density at radius 2 is 1.71 bits per heavy atom. The molecule has 11 atom stereocenters. The number of hydrogen-bond acceptors (Lipinski definition) is 15. The summed E-state index contributed by atoms with van der Waals surface area (Å²) in [5.41, 5.74) is 5.77. The SMILES string of the molecule is CCC(COC(=O)c1cc(N)ccc1O)COC(=O)C1O[C@@H](OC[C@@H]2C([NH2+]C)[C@H](O)OC(CO)[C@@H]2O)C(O)[C@@H](O)[C@H]1O. The maximum absolute atomic E-state index is 12.8. The highest BCUT2D eigenvalue weighted by molar-refractivity contribution is 5.93. The number of phenolic OH excluding ortho intramolecular Hbond substituents is 1. The van der Waals surface area contributed by atoms with E-state index in [1.54, 1.807) is 19.3 Å². The molecule has 2 saturated heterocycles. The van der Waals surface area contributed by atoms with E-state index in [4.69, 9.17) is 29.4 Å². The number of nitrogen functional groups attached to an aromatic ring is 1. The summed E-state index contributed by atoms with van der Waals surface area (Å²) in [5, 5.41) is 72.9. The topological polar surface area (TPSA) is 265 Å². The highest BCUT2D eigenvalue weighted by Crippen LogP contribution is 2.28. The summed E-state index contributed by atoms with van der Waals surface area (Å²) in [6, 6.07) is 3.21. The number of ether oxygens (including phenoxy) is 5. The Morgan fingerprint density at radius 3 is 2.36 bits per heavy atom. The largest absolute Gasteiger partial charge is 0.507 e. The van der Waals surface area contributed by atoms with Crippen LogP contribution in [0.25, 0.3) is 0 Å². The molecule has 0 aliphatic carbocycles. The first kappa shape index (κ1) is 33.9. The molecule has 238 valence electrons. The van der Waals surface area contributed by atoms with Gasteiger partial charge in [0.25, 0.3) is 0 Å². The van der Waals surface area contributed by atoms with E-state index in [9.17, 15) is 45.3 Å². The Labute approximate surface area is 241 Å². The molecule has 1 aromatic rings. The molecule has 5 unspecified atom stereocenters. The second kappa shape index (κ2) is 15.2. The van der Waals surface area contributed by atoms with Crippen molar-refractivity contribution < 1.29 is 74.3 Å². The van der Waals surface area contributed by atoms with E-state index in [1.165, 1.54) is 18.2 Å². The van der Waals surface area contributed by atoms with Gasteiger partial charge in [0.2, 0.25) is 6.29 Å². The van der Waals surface area contributed by atoms with Gasteiger partial charge in [0, 0.05) is 11.6 Å². The van der Waals surface area contributed by atoms with E-state index in [0.29, 0.717) is 6.42 Å². The molecule has 0 bridgehead atoms. The molecule has 2 aliphatic heterocycles. The molecule has 1 aromatic carbocycles. The predicted molar refractivity (Wildman–Crippen MR) is 139 cm³/mol. The van der Waals surface area contributed by atoms with E-state index in [1.807, 2.05) is 0 Å². The second-order valence-electron chi connectivity index (χ2n) is 10.3. The monoisotopic (exact) mass is 605 g/mol. The van der Waals surface area contributed by atoms with Crippen molar-refractivity contribution in [2.75, 3.05) is 39.2 Å². The van der Waals surface area contributed by atoms with Crippen LogP contribution < -0.4 is 11.1 Å². The Balaban J connectivity index is 1.58. The molecule has 16 nitrogen and oxygen atoms in total. The molecule has 42 heavy (non-hydrogen) atoms. The Morgan fingerprint density at radius 1 is 1.02 bits per heavy atom. The summed E-state index contributed by atoms with van der Waals surface area (Å²) in [5.74, 6) is -3.52. The van der Waals surface area contributed by atoms with E-state index in [-0.39, 0.29) is 36.8 Å². The normalized spacial score (nSPS) is 34.0. The zero-order valence-electron chi connectivity index (χ0n) is 23.3. The molecule has 2 fully saturated rings. The van der Waals surface area contributed by atoms with E-state index >= 15 is 0 Å². The number of rotatable bonds is 12. The quantitative estimate of drug-likeness (QED) is 0.0621. The van der Waals surface area contributed by atoms with Gasteiger partial charge < -0.3 is 70.5 Å². The van der Waals surface area contributed by atoms with E-state index in [2.05, 4.69) is 0 Å². The van der Waals surface area contributed by atoms with Gasteiger partial charge in [-0.1, -0.05) is 6.92 Å². The van der Waals surface area contributed by atoms with Gasteiger partial charge in [-0.2, -0.15) is 0 Å². The zero-order valence-corrected chi connectivity index (χ0v) is 23.3. The Hall–Kier alpha value is -2.64. The zero-order chi connectivity index (χ0) is 31.1. The van der Waals surface area contributed by atoms with Crippen LogP contribution in [0.3, 0.4) is 0 Å². The fourth-order valence-electron chi connectivity index (χ4n) is 4.78. The molecule has 2 heterocycles. The van der Waals surface area contributed by atoms with Gasteiger partial charge in [0.05, 0.1) is 45.5 Å². The van der Waals surface area contributed by atoms with Crippen LogP contribution in [0.4, 0.5) is 5.69 Å². The van der Waals surface area contributed by atoms with Crippen molar-refractivity contribution in [1.29, 1.82) is 0 Å². The number of carbonyl (C=O) groups is 2. The van der Waals surface area contributed by atoms with Crippen LogP contribution in [-0.4, -0.2) is 136 Å². The van der Waals surface area contributed by atoms with Crippen molar-refractivity contribution in [1.82, 2.24) is 0 Å². The van der Waals surface area contributed by atoms with Crippen LogP contribution in [0.5, 0.6) is 5.75 Å². The molecule has 0 amide bonds. The highest BCUT2D eigenvalue weighted by Gasteiger charge is 2.50. The van der Waals surface area contributed by atoms with Gasteiger partial charge in [0.15, 0.2) is 12.4 Å². The molecule has 11 N–H and O–H groups in total. The maximum atomic E-state index is 12.8. The van der Waals surface area contributed by atoms with Crippen molar-refractivity contribution in [3.8, 4) is 5.75 Å². The first-order valence-corrected chi connectivity index (χ1v) is 13.6. The predicted octanol–water partition coefficient (Wildman–Crippen LogP) is -4.23. The van der Waals surface area contributed by atoms with Gasteiger partial charge in [-0.15, -0.1) is 0 Å². The number of aliphatic hydroxyl groups is 6. The fourth-order valence-corrected chi connectivity index (χ4v) is 4.78. The van der Waals surface area contributed by atoms with Crippen LogP contribution in [0.15, 0.2) is 18.2 Å². The number of hydrogen-bond donors (Lipinski definition) is 9. The summed E-state index contributed by atoms with van der Waals surface area (Å²) in [6.45, 7) is 0.399. The number of nitrogens with two attached hydrogens (primary N) is 2. The first-order chi connectivity index (χ1) is 19.9. The summed E-state index contributed by atoms with van der Waals surface area (Å²) in [6.07, 6.45) is -12.2. The number of anilines is 1. The number of esters is 2. The van der Waals surface area contributed by atoms with Gasteiger partial charge in [-0.05, 0) is 24.6 Å². The average molecular weight is 606 g/mol. The summed E-state index contributed by atoms with van der Waals surface area (Å²) >= 11 is 0. The summed E-state index contributed by atoms with van der Waals surface area (Å²) in [4.78, 5) is 25.2. The molecule has 0 spiro atoms. The van der Waals surface area contributed by atoms with Crippen molar-refractivity contribution in [3.05, 3.63) is 23.8 Å².